The maximum atomic E-state index is 13.4. The molecule has 0 atom stereocenters. The second kappa shape index (κ2) is 10.9. The van der Waals surface area contributed by atoms with Crippen LogP contribution >= 0.6 is 0 Å². The quantitative estimate of drug-likeness (QED) is 0.473. The van der Waals surface area contributed by atoms with Gasteiger partial charge >= 0.3 is 6.61 Å². The molecule has 0 saturated heterocycles. The maximum absolute atomic E-state index is 13.4. The van der Waals surface area contributed by atoms with Gasteiger partial charge in [0.05, 0.1) is 7.11 Å². The summed E-state index contributed by atoms with van der Waals surface area (Å²) in [4.78, 5) is 16.4. The number of hydrogen-bond acceptors (Lipinski definition) is 5. The zero-order valence-corrected chi connectivity index (χ0v) is 16.9. The molecule has 1 heterocycles. The van der Waals surface area contributed by atoms with Crippen LogP contribution in [0.25, 0.3) is 6.08 Å². The number of ether oxygens (including phenoxy) is 3. The Kier molecular flexibility index (Phi) is 7.69. The Bertz CT molecular complexity index is 1110. The number of nitrogens with zero attached hydrogens (tertiary/aromatic N) is 1. The number of hydrogen-bond donors (Lipinski definition) is 1. The summed E-state index contributed by atoms with van der Waals surface area (Å²) < 4.78 is 54.0. The minimum Gasteiger partial charge on any atom is -0.493 e. The molecule has 3 aromatic rings. The Morgan fingerprint density at radius 1 is 1.16 bits per heavy atom. The van der Waals surface area contributed by atoms with Crippen molar-refractivity contribution in [2.24, 2.45) is 0 Å². The van der Waals surface area contributed by atoms with E-state index in [1.54, 1.807) is 24.3 Å². The first kappa shape index (κ1) is 22.7. The summed E-state index contributed by atoms with van der Waals surface area (Å²) in [6.45, 7) is -2.98. The van der Waals surface area contributed by atoms with Gasteiger partial charge in [0.15, 0.2) is 11.5 Å². The predicted octanol–water partition coefficient (Wildman–Crippen LogP) is 4.95. The smallest absolute Gasteiger partial charge is 0.387 e. The highest BCUT2D eigenvalue weighted by atomic mass is 19.3. The van der Waals surface area contributed by atoms with Crippen LogP contribution < -0.4 is 19.5 Å². The Morgan fingerprint density at radius 3 is 2.72 bits per heavy atom. The van der Waals surface area contributed by atoms with E-state index in [1.807, 2.05) is 0 Å². The SMILES string of the molecule is COc1cccc(/C=C/C(=O)NCc2cccnc2Oc2cccc(F)c2)c1OC(F)F. The molecule has 1 amide bonds. The molecule has 0 aliphatic rings. The van der Waals surface area contributed by atoms with E-state index in [0.717, 1.165) is 0 Å². The molecule has 9 heteroatoms. The van der Waals surface area contributed by atoms with E-state index < -0.39 is 18.3 Å². The number of methoxy groups -OCH3 is 1. The fourth-order valence-electron chi connectivity index (χ4n) is 2.74. The number of nitrogens with one attached hydrogen (secondary N) is 1. The molecule has 166 valence electrons. The van der Waals surface area contributed by atoms with E-state index in [-0.39, 0.29) is 35.2 Å². The Morgan fingerprint density at radius 2 is 1.97 bits per heavy atom. The average Bonchev–Trinajstić information content (AvgIpc) is 2.77. The highest BCUT2D eigenvalue weighted by Crippen LogP contribution is 2.33. The second-order valence-corrected chi connectivity index (χ2v) is 6.34. The van der Waals surface area contributed by atoms with Gasteiger partial charge in [-0.25, -0.2) is 9.37 Å². The van der Waals surface area contributed by atoms with E-state index in [4.69, 9.17) is 9.47 Å². The van der Waals surface area contributed by atoms with Gasteiger partial charge < -0.3 is 19.5 Å². The number of para-hydroxylation sites is 1. The van der Waals surface area contributed by atoms with Gasteiger partial charge in [0.25, 0.3) is 0 Å². The van der Waals surface area contributed by atoms with Gasteiger partial charge in [-0.15, -0.1) is 0 Å². The molecular weight excluding hydrogens is 425 g/mol. The minimum absolute atomic E-state index is 0.0696. The van der Waals surface area contributed by atoms with Crippen molar-refractivity contribution in [2.75, 3.05) is 7.11 Å². The van der Waals surface area contributed by atoms with Crippen molar-refractivity contribution < 1.29 is 32.2 Å². The molecule has 0 saturated carbocycles. The van der Waals surface area contributed by atoms with Crippen molar-refractivity contribution in [1.82, 2.24) is 10.3 Å². The molecule has 6 nitrogen and oxygen atoms in total. The summed E-state index contributed by atoms with van der Waals surface area (Å²) >= 11 is 0. The summed E-state index contributed by atoms with van der Waals surface area (Å²) in [6, 6.07) is 13.5. The summed E-state index contributed by atoms with van der Waals surface area (Å²) in [7, 11) is 1.32. The minimum atomic E-state index is -3.05. The number of rotatable bonds is 9. The fraction of sp³-hybridized carbons (Fsp3) is 0.130. The molecule has 0 bridgehead atoms. The number of alkyl halides is 2. The highest BCUT2D eigenvalue weighted by molar-refractivity contribution is 5.92. The average molecular weight is 444 g/mol. The van der Waals surface area contributed by atoms with Gasteiger partial charge in [0, 0.05) is 36.0 Å². The molecular formula is C23H19F3N2O4. The summed E-state index contributed by atoms with van der Waals surface area (Å²) in [5, 5.41) is 2.66. The van der Waals surface area contributed by atoms with Crippen molar-refractivity contribution in [1.29, 1.82) is 0 Å². The number of benzene rings is 2. The van der Waals surface area contributed by atoms with Gasteiger partial charge in [-0.05, 0) is 30.3 Å². The molecule has 0 radical (unpaired) electrons. The van der Waals surface area contributed by atoms with Crippen molar-refractivity contribution in [2.45, 2.75) is 13.2 Å². The van der Waals surface area contributed by atoms with E-state index in [9.17, 15) is 18.0 Å². The second-order valence-electron chi connectivity index (χ2n) is 6.34. The lowest BCUT2D eigenvalue weighted by Gasteiger charge is -2.12. The van der Waals surface area contributed by atoms with Crippen LogP contribution in [0.4, 0.5) is 13.2 Å². The van der Waals surface area contributed by atoms with Crippen LogP contribution in [0.3, 0.4) is 0 Å². The molecule has 0 unspecified atom stereocenters. The first-order valence-corrected chi connectivity index (χ1v) is 9.41. The standard InChI is InChI=1S/C23H19F3N2O4/c1-30-19-9-2-5-15(21(19)32-23(25)26)10-11-20(29)28-14-16-6-4-12-27-22(16)31-18-8-3-7-17(24)13-18/h2-13,23H,14H2,1H3,(H,28,29)/b11-10+. The lowest BCUT2D eigenvalue weighted by Crippen LogP contribution is -2.20. The Balaban J connectivity index is 1.68. The van der Waals surface area contributed by atoms with Gasteiger partial charge in [-0.2, -0.15) is 8.78 Å². The molecule has 1 N–H and O–H groups in total. The van der Waals surface area contributed by atoms with Gasteiger partial charge in [0.1, 0.15) is 11.6 Å². The number of amides is 1. The third-order valence-corrected chi connectivity index (χ3v) is 4.16. The molecule has 0 aliphatic carbocycles. The lowest BCUT2D eigenvalue weighted by molar-refractivity contribution is -0.116. The number of aromatic nitrogens is 1. The zero-order chi connectivity index (χ0) is 22.9. The topological polar surface area (TPSA) is 69.7 Å². The molecule has 2 aromatic carbocycles. The molecule has 0 fully saturated rings. The van der Waals surface area contributed by atoms with Gasteiger partial charge in [-0.1, -0.05) is 24.3 Å². The number of carbonyl (C=O) groups excluding carboxylic acids is 1. The normalized spacial score (nSPS) is 10.9. The summed E-state index contributed by atoms with van der Waals surface area (Å²) in [6.07, 6.45) is 4.02. The van der Waals surface area contributed by atoms with Crippen LogP contribution in [0.5, 0.6) is 23.1 Å². The van der Waals surface area contributed by atoms with Crippen LogP contribution in [-0.4, -0.2) is 24.6 Å². The first-order valence-electron chi connectivity index (χ1n) is 9.41. The summed E-state index contributed by atoms with van der Waals surface area (Å²) in [5.41, 5.74) is 0.804. The van der Waals surface area contributed by atoms with E-state index in [1.165, 1.54) is 55.8 Å². The van der Waals surface area contributed by atoms with Crippen molar-refractivity contribution >= 4 is 12.0 Å². The van der Waals surface area contributed by atoms with E-state index >= 15 is 0 Å². The predicted molar refractivity (Wildman–Crippen MR) is 111 cm³/mol. The van der Waals surface area contributed by atoms with E-state index in [2.05, 4.69) is 15.0 Å². The Labute approximate surface area is 182 Å². The van der Waals surface area contributed by atoms with Gasteiger partial charge in [-0.3, -0.25) is 4.79 Å². The zero-order valence-electron chi connectivity index (χ0n) is 16.9. The summed E-state index contributed by atoms with van der Waals surface area (Å²) in [5.74, 6) is -0.527. The maximum Gasteiger partial charge on any atom is 0.387 e. The third kappa shape index (κ3) is 6.24. The number of pyridine rings is 1. The monoisotopic (exact) mass is 444 g/mol. The molecule has 1 aromatic heterocycles. The first-order chi connectivity index (χ1) is 15.5. The lowest BCUT2D eigenvalue weighted by atomic mass is 10.1. The van der Waals surface area contributed by atoms with Crippen LogP contribution in [-0.2, 0) is 11.3 Å². The van der Waals surface area contributed by atoms with Crippen LogP contribution in [0.1, 0.15) is 11.1 Å². The number of halogens is 3. The van der Waals surface area contributed by atoms with Crippen LogP contribution in [0.2, 0.25) is 0 Å². The van der Waals surface area contributed by atoms with Crippen LogP contribution in [0, 0.1) is 5.82 Å². The third-order valence-electron chi connectivity index (χ3n) is 4.16. The largest absolute Gasteiger partial charge is 0.493 e. The molecule has 3 rings (SSSR count). The Hall–Kier alpha value is -4.01. The highest BCUT2D eigenvalue weighted by Gasteiger charge is 2.14. The molecule has 32 heavy (non-hydrogen) atoms. The van der Waals surface area contributed by atoms with Crippen LogP contribution in [0.15, 0.2) is 66.9 Å². The van der Waals surface area contributed by atoms with Crippen molar-refractivity contribution in [3.8, 4) is 23.1 Å². The van der Waals surface area contributed by atoms with Gasteiger partial charge in [0.2, 0.25) is 11.8 Å². The van der Waals surface area contributed by atoms with E-state index in [0.29, 0.717) is 5.56 Å². The molecule has 0 spiro atoms. The molecule has 0 aliphatic heterocycles. The van der Waals surface area contributed by atoms with Crippen molar-refractivity contribution in [3.05, 3.63) is 83.8 Å². The van der Waals surface area contributed by atoms with Crippen molar-refractivity contribution in [3.63, 3.8) is 0 Å². The number of carbonyl (C=O) groups is 1. The fourth-order valence-corrected chi connectivity index (χ4v) is 2.74.